The van der Waals surface area contributed by atoms with Crippen molar-refractivity contribution in [3.8, 4) is 0 Å². The lowest BCUT2D eigenvalue weighted by Gasteiger charge is -2.07. The van der Waals surface area contributed by atoms with E-state index >= 15 is 0 Å². The summed E-state index contributed by atoms with van der Waals surface area (Å²) in [6.07, 6.45) is 9.83. The molecule has 0 saturated carbocycles. The highest BCUT2D eigenvalue weighted by Crippen LogP contribution is 2.30. The second-order valence-corrected chi connectivity index (χ2v) is 7.04. The molecular weight excluding hydrogens is 452 g/mol. The van der Waals surface area contributed by atoms with Gasteiger partial charge in [-0.15, -0.1) is 0 Å². The number of nitrogens with one attached hydrogen (secondary N) is 2. The van der Waals surface area contributed by atoms with Gasteiger partial charge in [0.1, 0.15) is 5.69 Å². The number of benzene rings is 2. The van der Waals surface area contributed by atoms with Gasteiger partial charge >= 0.3 is 5.69 Å². The van der Waals surface area contributed by atoms with E-state index in [1.165, 1.54) is 24.7 Å². The monoisotopic (exact) mass is 472 g/mol. The molecule has 176 valence electrons. The smallest absolute Gasteiger partial charge is 0.301 e. The lowest BCUT2D eigenvalue weighted by Crippen LogP contribution is -2.33. The third kappa shape index (κ3) is 7.43. The minimum absolute atomic E-state index is 0.0124. The Kier molecular flexibility index (Phi) is 8.49. The van der Waals surface area contributed by atoms with Gasteiger partial charge < -0.3 is 5.43 Å². The topological polar surface area (TPSA) is 153 Å². The maximum atomic E-state index is 12.2. The van der Waals surface area contributed by atoms with Gasteiger partial charge in [0.05, 0.1) is 15.9 Å². The predicted molar refractivity (Wildman–Crippen MR) is 130 cm³/mol. The molecule has 3 rings (SSSR count). The number of nitrogens with zero attached hydrogens (tertiary/aromatic N) is 4. The van der Waals surface area contributed by atoms with Gasteiger partial charge in [-0.3, -0.25) is 35.4 Å². The Morgan fingerprint density at radius 3 is 2.43 bits per heavy atom. The Morgan fingerprint density at radius 1 is 1.00 bits per heavy atom. The Hall–Kier alpha value is -5.19. The second kappa shape index (κ2) is 12.2. The van der Waals surface area contributed by atoms with Crippen LogP contribution in [0, 0.1) is 20.2 Å². The van der Waals surface area contributed by atoms with E-state index < -0.39 is 15.5 Å². The van der Waals surface area contributed by atoms with Crippen molar-refractivity contribution in [2.45, 2.75) is 6.42 Å². The van der Waals surface area contributed by atoms with Crippen molar-refractivity contribution in [1.29, 1.82) is 0 Å². The molecule has 0 aliphatic rings. The van der Waals surface area contributed by atoms with Crippen molar-refractivity contribution >= 4 is 29.2 Å². The first-order valence-electron chi connectivity index (χ1n) is 10.3. The van der Waals surface area contributed by atoms with Crippen LogP contribution < -0.4 is 10.9 Å². The number of rotatable bonds is 10. The van der Waals surface area contributed by atoms with Crippen LogP contribution in [0.3, 0.4) is 0 Å². The Bertz CT molecular complexity index is 1290. The molecule has 1 aromatic heterocycles. The van der Waals surface area contributed by atoms with Crippen LogP contribution in [-0.4, -0.2) is 27.0 Å². The van der Waals surface area contributed by atoms with Crippen molar-refractivity contribution in [1.82, 2.24) is 15.8 Å². The van der Waals surface area contributed by atoms with Crippen LogP contribution in [0.15, 0.2) is 102 Å². The molecule has 35 heavy (non-hydrogen) atoms. The van der Waals surface area contributed by atoms with Crippen molar-refractivity contribution in [2.24, 2.45) is 4.99 Å². The molecule has 2 aromatic carbocycles. The van der Waals surface area contributed by atoms with Crippen LogP contribution in [0.25, 0.3) is 0 Å². The molecule has 1 amide bonds. The van der Waals surface area contributed by atoms with Gasteiger partial charge in [-0.1, -0.05) is 36.4 Å². The van der Waals surface area contributed by atoms with E-state index in [1.54, 1.807) is 30.5 Å². The molecule has 0 atom stereocenters. The number of nitro benzene ring substituents is 2. The van der Waals surface area contributed by atoms with Gasteiger partial charge in [0.25, 0.3) is 11.6 Å². The Labute approximate surface area is 199 Å². The standard InChI is InChI=1S/C24H20N6O5/c31-24(20-10-13-25-14-11-20)28-27-17-19(15-18-5-2-1-3-6-18)7-4-12-26-22-9-8-21(29(32)33)16-23(22)30(34)35/h1-14,16-17,27H,15H2,(H,28,31)/b7-4-,19-17-,26-12?. The first kappa shape index (κ1) is 24.5. The number of aliphatic imine (C=N–C) groups is 1. The molecule has 0 fully saturated rings. The number of aromatic nitrogens is 1. The third-order valence-electron chi connectivity index (χ3n) is 4.61. The predicted octanol–water partition coefficient (Wildman–Crippen LogP) is 4.22. The summed E-state index contributed by atoms with van der Waals surface area (Å²) in [7, 11) is 0. The highest BCUT2D eigenvalue weighted by molar-refractivity contribution is 5.93. The molecule has 11 nitrogen and oxygen atoms in total. The summed E-state index contributed by atoms with van der Waals surface area (Å²) in [5.41, 5.74) is 6.72. The number of allylic oxidation sites excluding steroid dienone is 3. The van der Waals surface area contributed by atoms with Gasteiger partial charge in [0.2, 0.25) is 0 Å². The SMILES string of the molecule is O=C(NN/C=C(/C=C\C=Nc1ccc([N+](=O)[O-])cc1[N+](=O)[O-])Cc1ccccc1)c1ccncc1. The molecule has 0 aliphatic heterocycles. The van der Waals surface area contributed by atoms with Crippen molar-refractivity contribution in [3.05, 3.63) is 128 Å². The molecule has 0 saturated heterocycles. The van der Waals surface area contributed by atoms with Crippen LogP contribution >= 0.6 is 0 Å². The quantitative estimate of drug-likeness (QED) is 0.194. The average Bonchev–Trinajstić information content (AvgIpc) is 2.87. The first-order chi connectivity index (χ1) is 16.9. The number of nitro groups is 2. The maximum Gasteiger partial charge on any atom is 0.301 e. The highest BCUT2D eigenvalue weighted by Gasteiger charge is 2.18. The minimum atomic E-state index is -0.723. The lowest BCUT2D eigenvalue weighted by atomic mass is 10.1. The van der Waals surface area contributed by atoms with Gasteiger partial charge in [0, 0.05) is 36.4 Å². The summed E-state index contributed by atoms with van der Waals surface area (Å²) in [6, 6.07) is 16.0. The molecule has 0 radical (unpaired) electrons. The summed E-state index contributed by atoms with van der Waals surface area (Å²) >= 11 is 0. The fraction of sp³-hybridized carbons (Fsp3) is 0.0417. The molecule has 0 spiro atoms. The average molecular weight is 472 g/mol. The number of pyridine rings is 1. The third-order valence-corrected chi connectivity index (χ3v) is 4.61. The van der Waals surface area contributed by atoms with Crippen LogP contribution in [0.2, 0.25) is 0 Å². The molecule has 3 aromatic rings. The van der Waals surface area contributed by atoms with Crippen LogP contribution in [0.1, 0.15) is 15.9 Å². The van der Waals surface area contributed by atoms with Gasteiger partial charge in [-0.25, -0.2) is 4.99 Å². The Morgan fingerprint density at radius 2 is 1.74 bits per heavy atom. The zero-order chi connectivity index (χ0) is 25.0. The van der Waals surface area contributed by atoms with E-state index in [4.69, 9.17) is 0 Å². The van der Waals surface area contributed by atoms with Crippen LogP contribution in [0.5, 0.6) is 0 Å². The molecule has 2 N–H and O–H groups in total. The summed E-state index contributed by atoms with van der Waals surface area (Å²) in [4.78, 5) is 40.8. The van der Waals surface area contributed by atoms with E-state index in [9.17, 15) is 25.0 Å². The Balaban J connectivity index is 1.74. The zero-order valence-corrected chi connectivity index (χ0v) is 18.3. The number of amides is 1. The highest BCUT2D eigenvalue weighted by atomic mass is 16.6. The number of hydrogen-bond donors (Lipinski definition) is 2. The van der Waals surface area contributed by atoms with Crippen molar-refractivity contribution in [3.63, 3.8) is 0 Å². The van der Waals surface area contributed by atoms with Crippen LogP contribution in [-0.2, 0) is 6.42 Å². The molecule has 0 aliphatic carbocycles. The van der Waals surface area contributed by atoms with Gasteiger partial charge in [-0.2, -0.15) is 0 Å². The van der Waals surface area contributed by atoms with Crippen molar-refractivity contribution in [2.75, 3.05) is 0 Å². The minimum Gasteiger partial charge on any atom is -0.305 e. The molecule has 0 bridgehead atoms. The number of carbonyl (C=O) groups is 1. The second-order valence-electron chi connectivity index (χ2n) is 7.04. The van der Waals surface area contributed by atoms with E-state index in [0.29, 0.717) is 12.0 Å². The molecule has 11 heteroatoms. The zero-order valence-electron chi connectivity index (χ0n) is 18.3. The summed E-state index contributed by atoms with van der Waals surface area (Å²) in [6.45, 7) is 0. The van der Waals surface area contributed by atoms with E-state index in [0.717, 1.165) is 23.3 Å². The van der Waals surface area contributed by atoms with E-state index in [2.05, 4.69) is 20.8 Å². The maximum absolute atomic E-state index is 12.2. The number of hydrazine groups is 1. The molecular formula is C24H20N6O5. The largest absolute Gasteiger partial charge is 0.305 e. The molecule has 1 heterocycles. The number of hydrogen-bond acceptors (Lipinski definition) is 8. The van der Waals surface area contributed by atoms with Crippen LogP contribution in [0.4, 0.5) is 17.1 Å². The van der Waals surface area contributed by atoms with E-state index in [1.807, 2.05) is 30.3 Å². The summed E-state index contributed by atoms with van der Waals surface area (Å²) in [5, 5.41) is 22.1. The first-order valence-corrected chi connectivity index (χ1v) is 10.3. The fourth-order valence-electron chi connectivity index (χ4n) is 2.93. The summed E-state index contributed by atoms with van der Waals surface area (Å²) < 4.78 is 0. The fourth-order valence-corrected chi connectivity index (χ4v) is 2.93. The molecule has 0 unspecified atom stereocenters. The number of non-ortho nitro benzene ring substituents is 1. The van der Waals surface area contributed by atoms with Gasteiger partial charge in [-0.05, 0) is 41.8 Å². The van der Waals surface area contributed by atoms with E-state index in [-0.39, 0.29) is 17.3 Å². The van der Waals surface area contributed by atoms with Crippen molar-refractivity contribution < 1.29 is 14.6 Å². The number of carbonyl (C=O) groups excluding carboxylic acids is 1. The normalized spacial score (nSPS) is 11.5. The lowest BCUT2D eigenvalue weighted by molar-refractivity contribution is -0.393. The van der Waals surface area contributed by atoms with Gasteiger partial charge in [0.15, 0.2) is 0 Å². The summed E-state index contributed by atoms with van der Waals surface area (Å²) in [5.74, 6) is -0.335.